The second kappa shape index (κ2) is 9.27. The van der Waals surface area contributed by atoms with Crippen molar-refractivity contribution < 1.29 is 9.53 Å². The van der Waals surface area contributed by atoms with Crippen molar-refractivity contribution in [1.29, 1.82) is 0 Å². The molecule has 0 radical (unpaired) electrons. The molecule has 8 heteroatoms. The van der Waals surface area contributed by atoms with E-state index in [2.05, 4.69) is 42.8 Å². The zero-order valence-corrected chi connectivity index (χ0v) is 17.6. The van der Waals surface area contributed by atoms with E-state index >= 15 is 0 Å². The van der Waals surface area contributed by atoms with Crippen molar-refractivity contribution in [2.75, 3.05) is 11.9 Å². The number of aromatic amines is 1. The predicted octanol–water partition coefficient (Wildman–Crippen LogP) is 4.29. The number of carbonyl (C=O) groups is 1. The molecule has 0 unspecified atom stereocenters. The number of fused-ring (bicyclic) bond motifs is 1. The molecular formula is C25H20N6O2. The molecule has 0 aliphatic carbocycles. The van der Waals surface area contributed by atoms with E-state index in [0.29, 0.717) is 34.8 Å². The topological polar surface area (TPSA) is 106 Å². The average Bonchev–Trinajstić information content (AvgIpc) is 3.34. The molecule has 0 saturated carbocycles. The summed E-state index contributed by atoms with van der Waals surface area (Å²) in [6, 6.07) is 26.3. The molecule has 3 heterocycles. The van der Waals surface area contributed by atoms with Gasteiger partial charge in [0.05, 0.1) is 18.0 Å². The van der Waals surface area contributed by atoms with Crippen LogP contribution in [0.25, 0.3) is 22.6 Å². The Hall–Kier alpha value is -4.59. The molecule has 0 spiro atoms. The number of amides is 1. The Morgan fingerprint density at radius 2 is 1.64 bits per heavy atom. The van der Waals surface area contributed by atoms with Crippen LogP contribution in [0.5, 0.6) is 5.75 Å². The van der Waals surface area contributed by atoms with Gasteiger partial charge in [0.1, 0.15) is 17.0 Å². The number of hydrogen-bond donors (Lipinski definition) is 2. The van der Waals surface area contributed by atoms with Gasteiger partial charge in [-0.15, -0.1) is 5.10 Å². The van der Waals surface area contributed by atoms with Crippen molar-refractivity contribution in [2.45, 2.75) is 6.42 Å². The van der Waals surface area contributed by atoms with E-state index in [-0.39, 0.29) is 11.6 Å². The largest absolute Gasteiger partial charge is 0.493 e. The van der Waals surface area contributed by atoms with Crippen LogP contribution in [0.15, 0.2) is 84.9 Å². The van der Waals surface area contributed by atoms with Crippen molar-refractivity contribution >= 4 is 22.8 Å². The van der Waals surface area contributed by atoms with Crippen molar-refractivity contribution in [3.8, 4) is 17.1 Å². The Bertz CT molecular complexity index is 1380. The minimum Gasteiger partial charge on any atom is -0.493 e. The molecule has 5 aromatic rings. The van der Waals surface area contributed by atoms with Crippen LogP contribution in [0.1, 0.15) is 16.1 Å². The Balaban J connectivity index is 1.21. The number of nitrogens with one attached hydrogen (secondary N) is 2. The molecule has 1 amide bonds. The van der Waals surface area contributed by atoms with Gasteiger partial charge in [-0.2, -0.15) is 10.3 Å². The van der Waals surface area contributed by atoms with E-state index in [4.69, 9.17) is 4.74 Å². The molecule has 3 aromatic heterocycles. The number of ether oxygens (including phenoxy) is 1. The quantitative estimate of drug-likeness (QED) is 0.394. The van der Waals surface area contributed by atoms with E-state index in [1.54, 1.807) is 42.5 Å². The van der Waals surface area contributed by atoms with Crippen LogP contribution in [0, 0.1) is 0 Å². The van der Waals surface area contributed by atoms with Gasteiger partial charge in [-0.1, -0.05) is 36.4 Å². The molecule has 5 rings (SSSR count). The predicted molar refractivity (Wildman–Crippen MR) is 125 cm³/mol. The standard InChI is InChI=1S/C25H20N6O2/c32-25(23-8-4-7-20(27-23)21-13-14-22-24(28-21)30-31-29-22)26-18-9-11-19(12-10-18)33-16-15-17-5-2-1-3-6-17/h1-14H,15-16H2,(H,26,32)(H,28,29,30,31). The van der Waals surface area contributed by atoms with Crippen LogP contribution in [-0.2, 0) is 6.42 Å². The first kappa shape index (κ1) is 20.3. The lowest BCUT2D eigenvalue weighted by Crippen LogP contribution is -2.14. The highest BCUT2D eigenvalue weighted by Crippen LogP contribution is 2.19. The van der Waals surface area contributed by atoms with Gasteiger partial charge < -0.3 is 10.1 Å². The highest BCUT2D eigenvalue weighted by Gasteiger charge is 2.11. The van der Waals surface area contributed by atoms with E-state index in [0.717, 1.165) is 12.2 Å². The number of anilines is 1. The number of hydrogen-bond acceptors (Lipinski definition) is 6. The summed E-state index contributed by atoms with van der Waals surface area (Å²) < 4.78 is 5.80. The minimum atomic E-state index is -0.308. The second-order valence-electron chi connectivity index (χ2n) is 7.33. The molecule has 8 nitrogen and oxygen atoms in total. The number of H-pyrrole nitrogens is 1. The fourth-order valence-corrected chi connectivity index (χ4v) is 3.34. The highest BCUT2D eigenvalue weighted by atomic mass is 16.5. The molecule has 0 aliphatic rings. The maximum atomic E-state index is 12.7. The first-order chi connectivity index (χ1) is 16.2. The molecular weight excluding hydrogens is 416 g/mol. The number of benzene rings is 2. The van der Waals surface area contributed by atoms with Crippen LogP contribution < -0.4 is 10.1 Å². The van der Waals surface area contributed by atoms with E-state index in [9.17, 15) is 4.79 Å². The van der Waals surface area contributed by atoms with Gasteiger partial charge in [0.2, 0.25) is 5.65 Å². The molecule has 162 valence electrons. The number of nitrogens with zero attached hydrogens (tertiary/aromatic N) is 4. The van der Waals surface area contributed by atoms with E-state index < -0.39 is 0 Å². The SMILES string of the molecule is O=C(Nc1ccc(OCCc2ccccc2)cc1)c1cccc(-c2ccc3n[nH]nc3n2)n1. The second-order valence-corrected chi connectivity index (χ2v) is 7.33. The lowest BCUT2D eigenvalue weighted by molar-refractivity contribution is 0.102. The summed E-state index contributed by atoms with van der Waals surface area (Å²) in [7, 11) is 0. The lowest BCUT2D eigenvalue weighted by Gasteiger charge is -2.09. The first-order valence-corrected chi connectivity index (χ1v) is 10.5. The van der Waals surface area contributed by atoms with Gasteiger partial charge in [-0.3, -0.25) is 4.79 Å². The van der Waals surface area contributed by atoms with Crippen molar-refractivity contribution in [2.24, 2.45) is 0 Å². The molecule has 2 aromatic carbocycles. The summed E-state index contributed by atoms with van der Waals surface area (Å²) in [5.41, 5.74) is 4.53. The molecule has 0 fully saturated rings. The third-order valence-corrected chi connectivity index (χ3v) is 5.04. The number of carbonyl (C=O) groups excluding carboxylic acids is 1. The Kier molecular flexibility index (Phi) is 5.71. The molecule has 0 aliphatic heterocycles. The van der Waals surface area contributed by atoms with Crippen LogP contribution in [0.2, 0.25) is 0 Å². The van der Waals surface area contributed by atoms with Gasteiger partial charge in [0.15, 0.2) is 0 Å². The maximum absolute atomic E-state index is 12.7. The van der Waals surface area contributed by atoms with E-state index in [1.165, 1.54) is 5.56 Å². The first-order valence-electron chi connectivity index (χ1n) is 10.5. The third kappa shape index (κ3) is 4.85. The number of rotatable bonds is 7. The van der Waals surface area contributed by atoms with Gasteiger partial charge in [0, 0.05) is 12.1 Å². The van der Waals surface area contributed by atoms with E-state index in [1.807, 2.05) is 30.3 Å². The molecule has 0 saturated heterocycles. The Morgan fingerprint density at radius 3 is 2.48 bits per heavy atom. The van der Waals surface area contributed by atoms with Gasteiger partial charge in [-0.05, 0) is 54.1 Å². The smallest absolute Gasteiger partial charge is 0.274 e. The van der Waals surface area contributed by atoms with Crippen LogP contribution in [-0.4, -0.2) is 37.9 Å². The molecule has 0 bridgehead atoms. The Morgan fingerprint density at radius 1 is 0.818 bits per heavy atom. The third-order valence-electron chi connectivity index (χ3n) is 5.04. The minimum absolute atomic E-state index is 0.290. The summed E-state index contributed by atoms with van der Waals surface area (Å²) in [4.78, 5) is 21.6. The van der Waals surface area contributed by atoms with Crippen molar-refractivity contribution in [3.63, 3.8) is 0 Å². The van der Waals surface area contributed by atoms with Crippen LogP contribution >= 0.6 is 0 Å². The zero-order valence-electron chi connectivity index (χ0n) is 17.6. The normalized spacial score (nSPS) is 10.8. The van der Waals surface area contributed by atoms with Gasteiger partial charge in [-0.25, -0.2) is 9.97 Å². The monoisotopic (exact) mass is 436 g/mol. The zero-order chi connectivity index (χ0) is 22.5. The fraction of sp³-hybridized carbons (Fsp3) is 0.0800. The number of aromatic nitrogens is 5. The van der Waals surface area contributed by atoms with Crippen LogP contribution in [0.3, 0.4) is 0 Å². The summed E-state index contributed by atoms with van der Waals surface area (Å²) in [5.74, 6) is 0.440. The van der Waals surface area contributed by atoms with Gasteiger partial charge >= 0.3 is 0 Å². The Labute approximate surface area is 189 Å². The maximum Gasteiger partial charge on any atom is 0.274 e. The molecule has 33 heavy (non-hydrogen) atoms. The summed E-state index contributed by atoms with van der Waals surface area (Å²) in [6.07, 6.45) is 0.833. The summed E-state index contributed by atoms with van der Waals surface area (Å²) in [6.45, 7) is 0.584. The summed E-state index contributed by atoms with van der Waals surface area (Å²) >= 11 is 0. The van der Waals surface area contributed by atoms with Crippen LogP contribution in [0.4, 0.5) is 5.69 Å². The van der Waals surface area contributed by atoms with Gasteiger partial charge in [0.25, 0.3) is 5.91 Å². The average molecular weight is 436 g/mol. The lowest BCUT2D eigenvalue weighted by atomic mass is 10.2. The fourth-order valence-electron chi connectivity index (χ4n) is 3.34. The highest BCUT2D eigenvalue weighted by molar-refractivity contribution is 6.03. The summed E-state index contributed by atoms with van der Waals surface area (Å²) in [5, 5.41) is 13.4. The molecule has 2 N–H and O–H groups in total. The number of pyridine rings is 2. The van der Waals surface area contributed by atoms with Crippen molar-refractivity contribution in [1.82, 2.24) is 25.4 Å². The molecule has 0 atom stereocenters. The van der Waals surface area contributed by atoms with Crippen molar-refractivity contribution in [3.05, 3.63) is 96.2 Å².